The third-order valence-corrected chi connectivity index (χ3v) is 5.00. The lowest BCUT2D eigenvalue weighted by atomic mass is 10.1. The predicted octanol–water partition coefficient (Wildman–Crippen LogP) is 5.80. The van der Waals surface area contributed by atoms with Crippen LogP contribution in [0, 0.1) is 12.8 Å². The summed E-state index contributed by atoms with van der Waals surface area (Å²) in [7, 11) is 0. The Morgan fingerprint density at radius 1 is 1.08 bits per heavy atom. The van der Waals surface area contributed by atoms with Crippen LogP contribution >= 0.6 is 11.8 Å². The number of hydrogen-bond donors (Lipinski definition) is 1. The number of aryl methyl sites for hydroxylation is 1. The van der Waals surface area contributed by atoms with Crippen molar-refractivity contribution >= 4 is 11.8 Å². The summed E-state index contributed by atoms with van der Waals surface area (Å²) in [6, 6.07) is 10.9. The van der Waals surface area contributed by atoms with E-state index in [1.165, 1.54) is 24.3 Å². The van der Waals surface area contributed by atoms with Gasteiger partial charge in [0.05, 0.1) is 6.61 Å². The van der Waals surface area contributed by atoms with E-state index in [0.29, 0.717) is 18.3 Å². The molecule has 0 aliphatic carbocycles. The van der Waals surface area contributed by atoms with Gasteiger partial charge in [0.2, 0.25) is 0 Å². The smallest absolute Gasteiger partial charge is 0.508 e. The summed E-state index contributed by atoms with van der Waals surface area (Å²) in [5.41, 5.74) is 0.834. The molecule has 1 N–H and O–H groups in total. The van der Waals surface area contributed by atoms with Crippen molar-refractivity contribution in [3.8, 4) is 17.2 Å². The van der Waals surface area contributed by atoms with Gasteiger partial charge in [-0.3, -0.25) is 0 Å². The van der Waals surface area contributed by atoms with E-state index >= 15 is 0 Å². The molecule has 0 aliphatic heterocycles. The lowest BCUT2D eigenvalue weighted by molar-refractivity contribution is -0.274. The fourth-order valence-electron chi connectivity index (χ4n) is 2.17. The van der Waals surface area contributed by atoms with Crippen molar-refractivity contribution in [1.29, 1.82) is 0 Å². The van der Waals surface area contributed by atoms with Crippen LogP contribution in [0.5, 0.6) is 17.2 Å². The second kappa shape index (κ2) is 9.07. The van der Waals surface area contributed by atoms with Gasteiger partial charge >= 0.3 is 6.36 Å². The highest BCUT2D eigenvalue weighted by atomic mass is 32.2. The summed E-state index contributed by atoms with van der Waals surface area (Å²) in [6.45, 7) is 4.39. The van der Waals surface area contributed by atoms with Crippen LogP contribution in [0.25, 0.3) is 0 Å². The lowest BCUT2D eigenvalue weighted by Gasteiger charge is -2.16. The van der Waals surface area contributed by atoms with E-state index in [4.69, 9.17) is 4.74 Å². The molecule has 1 atom stereocenters. The molecule has 0 fully saturated rings. The fourth-order valence-corrected chi connectivity index (χ4v) is 3.35. The Morgan fingerprint density at radius 3 is 2.31 bits per heavy atom. The van der Waals surface area contributed by atoms with Gasteiger partial charge in [0.1, 0.15) is 17.2 Å². The molecular weight excluding hydrogens is 365 g/mol. The molecule has 0 aromatic heterocycles. The first-order valence-electron chi connectivity index (χ1n) is 8.18. The summed E-state index contributed by atoms with van der Waals surface area (Å²) < 4.78 is 45.9. The molecule has 0 amide bonds. The monoisotopic (exact) mass is 386 g/mol. The SMILES string of the molecule is CCC(COc1ccc(OC(F)(F)F)cc1)CSc1ccc(O)c(C)c1. The van der Waals surface area contributed by atoms with Gasteiger partial charge in [-0.15, -0.1) is 24.9 Å². The van der Waals surface area contributed by atoms with E-state index in [0.717, 1.165) is 22.6 Å². The van der Waals surface area contributed by atoms with E-state index in [9.17, 15) is 18.3 Å². The van der Waals surface area contributed by atoms with Crippen molar-refractivity contribution in [2.75, 3.05) is 12.4 Å². The Balaban J connectivity index is 1.83. The normalized spacial score (nSPS) is 12.7. The van der Waals surface area contributed by atoms with Crippen LogP contribution in [0.2, 0.25) is 0 Å². The first kappa shape index (κ1) is 20.3. The summed E-state index contributed by atoms with van der Waals surface area (Å²) in [6.07, 6.45) is -3.78. The molecule has 2 aromatic carbocycles. The molecule has 0 aliphatic rings. The Labute approximate surface area is 155 Å². The molecule has 142 valence electrons. The molecule has 7 heteroatoms. The minimum absolute atomic E-state index is 0.268. The molecule has 0 radical (unpaired) electrons. The average molecular weight is 386 g/mol. The Hall–Kier alpha value is -2.02. The van der Waals surface area contributed by atoms with Gasteiger partial charge in [0.15, 0.2) is 0 Å². The molecule has 0 saturated carbocycles. The third kappa shape index (κ3) is 6.71. The molecule has 0 spiro atoms. The minimum atomic E-state index is -4.69. The molecular formula is C19H21F3O3S. The van der Waals surface area contributed by atoms with E-state index in [1.54, 1.807) is 17.8 Å². The van der Waals surface area contributed by atoms with Crippen LogP contribution in [0.3, 0.4) is 0 Å². The molecule has 0 saturated heterocycles. The first-order valence-corrected chi connectivity index (χ1v) is 9.16. The van der Waals surface area contributed by atoms with Crippen LogP contribution < -0.4 is 9.47 Å². The van der Waals surface area contributed by atoms with Crippen LogP contribution in [-0.4, -0.2) is 23.8 Å². The van der Waals surface area contributed by atoms with E-state index < -0.39 is 6.36 Å². The summed E-state index contributed by atoms with van der Waals surface area (Å²) in [5, 5.41) is 9.56. The summed E-state index contributed by atoms with van der Waals surface area (Å²) in [5.74, 6) is 1.65. The number of rotatable bonds is 8. The largest absolute Gasteiger partial charge is 0.573 e. The average Bonchev–Trinajstić information content (AvgIpc) is 2.58. The third-order valence-electron chi connectivity index (χ3n) is 3.77. The quantitative estimate of drug-likeness (QED) is 0.582. The standard InChI is InChI=1S/C19H21F3O3S/c1-3-14(12-26-17-8-9-18(23)13(2)10-17)11-24-15-4-6-16(7-5-15)25-19(20,21)22/h4-10,14,23H,3,11-12H2,1-2H3. The number of hydrogen-bond acceptors (Lipinski definition) is 4. The van der Waals surface area contributed by atoms with Crippen LogP contribution in [-0.2, 0) is 0 Å². The number of benzene rings is 2. The van der Waals surface area contributed by atoms with Gasteiger partial charge < -0.3 is 14.6 Å². The maximum absolute atomic E-state index is 12.1. The van der Waals surface area contributed by atoms with Crippen molar-refractivity contribution in [2.24, 2.45) is 5.92 Å². The van der Waals surface area contributed by atoms with Crippen molar-refractivity contribution in [3.63, 3.8) is 0 Å². The molecule has 1 unspecified atom stereocenters. The second-order valence-corrected chi connectivity index (χ2v) is 6.96. The second-order valence-electron chi connectivity index (χ2n) is 5.86. The van der Waals surface area contributed by atoms with Crippen molar-refractivity contribution in [1.82, 2.24) is 0 Å². The van der Waals surface area contributed by atoms with Gasteiger partial charge in [-0.05, 0) is 61.4 Å². The topological polar surface area (TPSA) is 38.7 Å². The van der Waals surface area contributed by atoms with E-state index in [-0.39, 0.29) is 11.5 Å². The fraction of sp³-hybridized carbons (Fsp3) is 0.368. The molecule has 2 aromatic rings. The summed E-state index contributed by atoms with van der Waals surface area (Å²) in [4.78, 5) is 1.08. The predicted molar refractivity (Wildman–Crippen MR) is 96.0 cm³/mol. The number of thioether (sulfide) groups is 1. The highest BCUT2D eigenvalue weighted by Crippen LogP contribution is 2.28. The van der Waals surface area contributed by atoms with Gasteiger partial charge in [-0.2, -0.15) is 0 Å². The Bertz CT molecular complexity index is 702. The first-order chi connectivity index (χ1) is 12.3. The molecule has 26 heavy (non-hydrogen) atoms. The van der Waals surface area contributed by atoms with Crippen LogP contribution in [0.15, 0.2) is 47.4 Å². The van der Waals surface area contributed by atoms with Gasteiger partial charge in [0, 0.05) is 16.6 Å². The van der Waals surface area contributed by atoms with Gasteiger partial charge in [-0.25, -0.2) is 0 Å². The number of aromatic hydroxyl groups is 1. The highest BCUT2D eigenvalue weighted by Gasteiger charge is 2.30. The van der Waals surface area contributed by atoms with Crippen LogP contribution in [0.4, 0.5) is 13.2 Å². The minimum Gasteiger partial charge on any atom is -0.508 e. The maximum atomic E-state index is 12.1. The molecule has 0 bridgehead atoms. The number of ether oxygens (including phenoxy) is 2. The number of phenolic OH excluding ortho intramolecular Hbond substituents is 1. The molecule has 2 rings (SSSR count). The number of halogens is 3. The zero-order chi connectivity index (χ0) is 19.2. The lowest BCUT2D eigenvalue weighted by Crippen LogP contribution is -2.17. The Kier molecular flexibility index (Phi) is 7.08. The zero-order valence-electron chi connectivity index (χ0n) is 14.5. The zero-order valence-corrected chi connectivity index (χ0v) is 15.4. The van der Waals surface area contributed by atoms with Crippen molar-refractivity contribution < 1.29 is 27.8 Å². The summed E-state index contributed by atoms with van der Waals surface area (Å²) >= 11 is 1.68. The van der Waals surface area contributed by atoms with Crippen molar-refractivity contribution in [2.45, 2.75) is 31.5 Å². The number of phenols is 1. The van der Waals surface area contributed by atoms with Gasteiger partial charge in [-0.1, -0.05) is 6.92 Å². The number of alkyl halides is 3. The molecule has 0 heterocycles. The maximum Gasteiger partial charge on any atom is 0.573 e. The van der Waals surface area contributed by atoms with Crippen molar-refractivity contribution in [3.05, 3.63) is 48.0 Å². The Morgan fingerprint density at radius 2 is 1.73 bits per heavy atom. The van der Waals surface area contributed by atoms with Crippen LogP contribution in [0.1, 0.15) is 18.9 Å². The highest BCUT2D eigenvalue weighted by molar-refractivity contribution is 7.99. The van der Waals surface area contributed by atoms with E-state index in [1.807, 2.05) is 19.1 Å². The molecule has 3 nitrogen and oxygen atoms in total. The van der Waals surface area contributed by atoms with E-state index in [2.05, 4.69) is 11.7 Å². The van der Waals surface area contributed by atoms with Gasteiger partial charge in [0.25, 0.3) is 0 Å².